The molecule has 19 heavy (non-hydrogen) atoms. The average molecular weight is 265 g/mol. The van der Waals surface area contributed by atoms with Gasteiger partial charge in [-0.2, -0.15) is 0 Å². The zero-order chi connectivity index (χ0) is 14.4. The van der Waals surface area contributed by atoms with E-state index in [-0.39, 0.29) is 6.61 Å². The van der Waals surface area contributed by atoms with E-state index in [4.69, 9.17) is 15.2 Å². The van der Waals surface area contributed by atoms with E-state index in [1.807, 2.05) is 25.1 Å². The number of hydrogen-bond donors (Lipinski definition) is 1. The lowest BCUT2D eigenvalue weighted by atomic mass is 10.0. The fourth-order valence-corrected chi connectivity index (χ4v) is 1.74. The Balaban J connectivity index is 2.71. The van der Waals surface area contributed by atoms with Crippen LogP contribution >= 0.6 is 0 Å². The number of esters is 1. The van der Waals surface area contributed by atoms with Crippen molar-refractivity contribution >= 4 is 5.97 Å². The molecule has 1 aromatic carbocycles. The molecule has 1 atom stereocenters. The van der Waals surface area contributed by atoms with Crippen LogP contribution in [0.5, 0.6) is 5.75 Å². The van der Waals surface area contributed by atoms with Crippen molar-refractivity contribution in [1.29, 1.82) is 0 Å². The lowest BCUT2D eigenvalue weighted by Crippen LogP contribution is -2.37. The van der Waals surface area contributed by atoms with Gasteiger partial charge in [-0.05, 0) is 37.0 Å². The summed E-state index contributed by atoms with van der Waals surface area (Å²) in [6, 6.07) is 5.31. The van der Waals surface area contributed by atoms with E-state index in [1.54, 1.807) is 6.92 Å². The molecule has 0 amide bonds. The van der Waals surface area contributed by atoms with E-state index >= 15 is 0 Å². The summed E-state index contributed by atoms with van der Waals surface area (Å²) in [5.41, 5.74) is 7.94. The van der Waals surface area contributed by atoms with Crippen LogP contribution in [0, 0.1) is 6.92 Å². The molecule has 0 aliphatic rings. The third kappa shape index (κ3) is 4.56. The van der Waals surface area contributed by atoms with E-state index < -0.39 is 12.0 Å². The maximum Gasteiger partial charge on any atom is 0.326 e. The molecular weight excluding hydrogens is 242 g/mol. The Morgan fingerprint density at radius 2 is 2.05 bits per heavy atom. The van der Waals surface area contributed by atoms with E-state index in [9.17, 15) is 4.79 Å². The van der Waals surface area contributed by atoms with Crippen LogP contribution in [0.1, 0.15) is 37.8 Å². The van der Waals surface area contributed by atoms with Gasteiger partial charge in [-0.3, -0.25) is 4.79 Å². The number of nitrogens with two attached hydrogens (primary N) is 1. The largest absolute Gasteiger partial charge is 0.491 e. The molecule has 0 spiro atoms. The summed E-state index contributed by atoms with van der Waals surface area (Å²) in [4.78, 5) is 11.4. The van der Waals surface area contributed by atoms with Gasteiger partial charge in [0.2, 0.25) is 0 Å². The van der Waals surface area contributed by atoms with Crippen LogP contribution in [0.25, 0.3) is 0 Å². The second-order valence-electron chi connectivity index (χ2n) is 4.87. The third-order valence-electron chi connectivity index (χ3n) is 2.80. The van der Waals surface area contributed by atoms with Gasteiger partial charge in [-0.15, -0.1) is 0 Å². The van der Waals surface area contributed by atoms with E-state index in [1.165, 1.54) is 0 Å². The first-order valence-corrected chi connectivity index (χ1v) is 6.61. The van der Waals surface area contributed by atoms with Gasteiger partial charge < -0.3 is 15.2 Å². The minimum atomic E-state index is -0.750. The molecule has 4 nitrogen and oxygen atoms in total. The zero-order valence-electron chi connectivity index (χ0n) is 12.1. The maximum absolute atomic E-state index is 11.4. The molecule has 1 unspecified atom stereocenters. The summed E-state index contributed by atoms with van der Waals surface area (Å²) in [5, 5.41) is 0. The van der Waals surface area contributed by atoms with Crippen molar-refractivity contribution in [2.45, 2.75) is 39.7 Å². The Morgan fingerprint density at radius 1 is 1.37 bits per heavy atom. The van der Waals surface area contributed by atoms with Crippen LogP contribution in [0.3, 0.4) is 0 Å². The molecule has 0 bridgehead atoms. The number of aryl methyl sites for hydroxylation is 1. The molecule has 0 aliphatic carbocycles. The second-order valence-corrected chi connectivity index (χ2v) is 4.87. The molecule has 1 aromatic rings. The summed E-state index contributed by atoms with van der Waals surface area (Å²) >= 11 is 0. The maximum atomic E-state index is 11.4. The Bertz CT molecular complexity index is 429. The standard InChI is InChI=1S/C15H23NO3/c1-5-18-15(17)13(16)9-19-14-8-11(4)6-7-12(14)10(2)3/h6-8,10,13H,5,9,16H2,1-4H3. The fraction of sp³-hybridized carbons (Fsp3) is 0.533. The smallest absolute Gasteiger partial charge is 0.326 e. The molecule has 0 saturated heterocycles. The fourth-order valence-electron chi connectivity index (χ4n) is 1.74. The molecule has 0 heterocycles. The minimum Gasteiger partial charge on any atom is -0.491 e. The molecule has 0 fully saturated rings. The van der Waals surface area contributed by atoms with Gasteiger partial charge in [0.05, 0.1) is 6.61 Å². The highest BCUT2D eigenvalue weighted by Gasteiger charge is 2.16. The lowest BCUT2D eigenvalue weighted by Gasteiger charge is -2.17. The number of carbonyl (C=O) groups excluding carboxylic acids is 1. The molecule has 4 heteroatoms. The summed E-state index contributed by atoms with van der Waals surface area (Å²) in [5.74, 6) is 0.713. The quantitative estimate of drug-likeness (QED) is 0.802. The van der Waals surface area contributed by atoms with Crippen molar-refractivity contribution in [1.82, 2.24) is 0 Å². The Morgan fingerprint density at radius 3 is 2.63 bits per heavy atom. The Kier molecular flexibility index (Phi) is 5.83. The second kappa shape index (κ2) is 7.14. The molecule has 2 N–H and O–H groups in total. The Hall–Kier alpha value is -1.55. The summed E-state index contributed by atoms with van der Waals surface area (Å²) in [7, 11) is 0. The summed E-state index contributed by atoms with van der Waals surface area (Å²) in [6.45, 7) is 8.41. The van der Waals surface area contributed by atoms with E-state index in [0.29, 0.717) is 12.5 Å². The van der Waals surface area contributed by atoms with Gasteiger partial charge in [0.1, 0.15) is 18.4 Å². The van der Waals surface area contributed by atoms with Crippen LogP contribution in [0.2, 0.25) is 0 Å². The van der Waals surface area contributed by atoms with Crippen LogP contribution in [0.4, 0.5) is 0 Å². The van der Waals surface area contributed by atoms with Gasteiger partial charge in [0.15, 0.2) is 0 Å². The average Bonchev–Trinajstić information content (AvgIpc) is 2.35. The molecular formula is C15H23NO3. The SMILES string of the molecule is CCOC(=O)C(N)COc1cc(C)ccc1C(C)C. The molecule has 0 aliphatic heterocycles. The number of ether oxygens (including phenoxy) is 2. The lowest BCUT2D eigenvalue weighted by molar-refractivity contribution is -0.145. The normalized spacial score (nSPS) is 12.3. The minimum absolute atomic E-state index is 0.127. The van der Waals surface area contributed by atoms with Crippen LogP contribution < -0.4 is 10.5 Å². The molecule has 1 rings (SSSR count). The van der Waals surface area contributed by atoms with Crippen LogP contribution in [-0.2, 0) is 9.53 Å². The molecule has 0 aromatic heterocycles. The van der Waals surface area contributed by atoms with Crippen molar-refractivity contribution in [3.63, 3.8) is 0 Å². The van der Waals surface area contributed by atoms with E-state index in [0.717, 1.165) is 16.9 Å². The van der Waals surface area contributed by atoms with Crippen molar-refractivity contribution < 1.29 is 14.3 Å². The topological polar surface area (TPSA) is 61.5 Å². The third-order valence-corrected chi connectivity index (χ3v) is 2.80. The summed E-state index contributed by atoms with van der Waals surface area (Å²) in [6.07, 6.45) is 0. The predicted octanol–water partition coefficient (Wildman–Crippen LogP) is 2.39. The van der Waals surface area contributed by atoms with Crippen molar-refractivity contribution in [3.05, 3.63) is 29.3 Å². The number of hydrogen-bond acceptors (Lipinski definition) is 4. The molecule has 106 valence electrons. The van der Waals surface area contributed by atoms with Gasteiger partial charge in [0, 0.05) is 0 Å². The number of carbonyl (C=O) groups is 1. The highest BCUT2D eigenvalue weighted by molar-refractivity contribution is 5.75. The first-order valence-electron chi connectivity index (χ1n) is 6.61. The van der Waals surface area contributed by atoms with Gasteiger partial charge in [-0.1, -0.05) is 26.0 Å². The first kappa shape index (κ1) is 15.5. The highest BCUT2D eigenvalue weighted by Crippen LogP contribution is 2.27. The highest BCUT2D eigenvalue weighted by atomic mass is 16.5. The van der Waals surface area contributed by atoms with E-state index in [2.05, 4.69) is 13.8 Å². The van der Waals surface area contributed by atoms with Crippen LogP contribution in [0.15, 0.2) is 18.2 Å². The molecule has 0 saturated carbocycles. The number of benzene rings is 1. The predicted molar refractivity (Wildman–Crippen MR) is 75.4 cm³/mol. The van der Waals surface area contributed by atoms with Gasteiger partial charge >= 0.3 is 5.97 Å². The van der Waals surface area contributed by atoms with Crippen molar-refractivity contribution in [2.75, 3.05) is 13.2 Å². The summed E-state index contributed by atoms with van der Waals surface area (Å²) < 4.78 is 10.5. The van der Waals surface area contributed by atoms with Gasteiger partial charge in [0.25, 0.3) is 0 Å². The number of rotatable bonds is 6. The van der Waals surface area contributed by atoms with Crippen LogP contribution in [-0.4, -0.2) is 25.2 Å². The zero-order valence-corrected chi connectivity index (χ0v) is 12.1. The Labute approximate surface area is 114 Å². The molecule has 0 radical (unpaired) electrons. The van der Waals surface area contributed by atoms with Crippen molar-refractivity contribution in [3.8, 4) is 5.75 Å². The van der Waals surface area contributed by atoms with Crippen molar-refractivity contribution in [2.24, 2.45) is 5.73 Å². The van der Waals surface area contributed by atoms with Gasteiger partial charge in [-0.25, -0.2) is 0 Å². The monoisotopic (exact) mass is 265 g/mol. The first-order chi connectivity index (χ1) is 8.95.